The van der Waals surface area contributed by atoms with Gasteiger partial charge in [0.25, 0.3) is 5.56 Å². The first-order valence-electron chi connectivity index (χ1n) is 11.2. The standard InChI is InChI=1S/C27H24N2O6/c1-17-11-22(18(2)29(17)13-19-7-8-24-25(12-19)35-16-34-24)23(30)15-33-26(31)14-28-10-9-20-5-3-4-6-21(20)27(28)32/h3-12H,13-16H2,1-2H3. The van der Waals surface area contributed by atoms with Crippen LogP contribution in [-0.4, -0.2) is 34.3 Å². The van der Waals surface area contributed by atoms with E-state index in [0.29, 0.717) is 23.2 Å². The number of pyridine rings is 1. The topological polar surface area (TPSA) is 88.8 Å². The molecule has 2 aromatic carbocycles. The number of rotatable bonds is 7. The second-order valence-corrected chi connectivity index (χ2v) is 8.48. The van der Waals surface area contributed by atoms with Crippen molar-refractivity contribution in [3.05, 3.63) is 93.7 Å². The summed E-state index contributed by atoms with van der Waals surface area (Å²) in [4.78, 5) is 37.8. The zero-order chi connectivity index (χ0) is 24.5. The highest BCUT2D eigenvalue weighted by atomic mass is 16.7. The van der Waals surface area contributed by atoms with Gasteiger partial charge in [-0.1, -0.05) is 24.3 Å². The Bertz CT molecular complexity index is 1510. The third-order valence-corrected chi connectivity index (χ3v) is 6.20. The molecule has 0 radical (unpaired) electrons. The van der Waals surface area contributed by atoms with Crippen molar-refractivity contribution in [1.82, 2.24) is 9.13 Å². The summed E-state index contributed by atoms with van der Waals surface area (Å²) in [6.45, 7) is 3.91. The summed E-state index contributed by atoms with van der Waals surface area (Å²) < 4.78 is 19.3. The van der Waals surface area contributed by atoms with Crippen molar-refractivity contribution >= 4 is 22.5 Å². The first kappa shape index (κ1) is 22.5. The molecule has 0 N–H and O–H groups in total. The fourth-order valence-corrected chi connectivity index (χ4v) is 4.31. The summed E-state index contributed by atoms with van der Waals surface area (Å²) in [6, 6.07) is 16.5. The third-order valence-electron chi connectivity index (χ3n) is 6.20. The van der Waals surface area contributed by atoms with Gasteiger partial charge in [0.05, 0.1) is 0 Å². The lowest BCUT2D eigenvalue weighted by Crippen LogP contribution is -2.26. The van der Waals surface area contributed by atoms with Crippen LogP contribution in [0.4, 0.5) is 0 Å². The molecule has 5 rings (SSSR count). The van der Waals surface area contributed by atoms with Gasteiger partial charge in [-0.15, -0.1) is 0 Å². The Morgan fingerprint density at radius 2 is 1.80 bits per heavy atom. The maximum Gasteiger partial charge on any atom is 0.326 e. The molecule has 4 aromatic rings. The Kier molecular flexibility index (Phi) is 5.86. The quantitative estimate of drug-likeness (QED) is 0.302. The zero-order valence-corrected chi connectivity index (χ0v) is 19.4. The van der Waals surface area contributed by atoms with Crippen LogP contribution < -0.4 is 15.0 Å². The largest absolute Gasteiger partial charge is 0.456 e. The van der Waals surface area contributed by atoms with Gasteiger partial charge in [0.1, 0.15) is 6.54 Å². The number of carbonyl (C=O) groups excluding carboxylic acids is 2. The first-order valence-corrected chi connectivity index (χ1v) is 11.2. The van der Waals surface area contributed by atoms with Crippen LogP contribution in [0.15, 0.2) is 65.6 Å². The van der Waals surface area contributed by atoms with E-state index in [1.165, 1.54) is 4.57 Å². The van der Waals surface area contributed by atoms with Crippen molar-refractivity contribution in [3.8, 4) is 11.5 Å². The molecular weight excluding hydrogens is 448 g/mol. The van der Waals surface area contributed by atoms with Crippen molar-refractivity contribution in [2.24, 2.45) is 0 Å². The molecule has 8 nitrogen and oxygen atoms in total. The van der Waals surface area contributed by atoms with Crippen molar-refractivity contribution in [2.45, 2.75) is 26.9 Å². The molecule has 0 amide bonds. The molecule has 0 fully saturated rings. The predicted octanol–water partition coefficient (Wildman–Crippen LogP) is 3.62. The second-order valence-electron chi connectivity index (χ2n) is 8.48. The van der Waals surface area contributed by atoms with Gasteiger partial charge in [-0.3, -0.25) is 14.4 Å². The fraction of sp³-hybridized carbons (Fsp3) is 0.222. The molecule has 0 aliphatic carbocycles. The Balaban J connectivity index is 1.24. The third kappa shape index (κ3) is 4.42. The molecule has 0 atom stereocenters. The number of hydrogen-bond donors (Lipinski definition) is 0. The van der Waals surface area contributed by atoms with Crippen molar-refractivity contribution in [1.29, 1.82) is 0 Å². The smallest absolute Gasteiger partial charge is 0.326 e. The Morgan fingerprint density at radius 1 is 1.00 bits per heavy atom. The Hall–Kier alpha value is -4.33. The van der Waals surface area contributed by atoms with Crippen LogP contribution in [0.2, 0.25) is 0 Å². The van der Waals surface area contributed by atoms with Crippen LogP contribution in [0.1, 0.15) is 27.3 Å². The van der Waals surface area contributed by atoms with Crippen LogP contribution in [0.3, 0.4) is 0 Å². The van der Waals surface area contributed by atoms with E-state index in [1.807, 2.05) is 48.7 Å². The predicted molar refractivity (Wildman–Crippen MR) is 129 cm³/mol. The van der Waals surface area contributed by atoms with Crippen molar-refractivity contribution in [2.75, 3.05) is 13.4 Å². The zero-order valence-electron chi connectivity index (χ0n) is 19.4. The number of ketones is 1. The average Bonchev–Trinajstić information content (AvgIpc) is 3.44. The number of fused-ring (bicyclic) bond motifs is 2. The lowest BCUT2D eigenvalue weighted by molar-refractivity contribution is -0.143. The van der Waals surface area contributed by atoms with Gasteiger partial charge in [0.15, 0.2) is 18.1 Å². The van der Waals surface area contributed by atoms with E-state index >= 15 is 0 Å². The minimum absolute atomic E-state index is 0.216. The van der Waals surface area contributed by atoms with Gasteiger partial charge >= 0.3 is 5.97 Å². The number of nitrogens with zero attached hydrogens (tertiary/aromatic N) is 2. The lowest BCUT2D eigenvalue weighted by atomic mass is 10.1. The molecule has 1 aliphatic heterocycles. The Labute approximate surface area is 201 Å². The monoisotopic (exact) mass is 472 g/mol. The van der Waals surface area contributed by atoms with Crippen molar-refractivity contribution < 1.29 is 23.8 Å². The molecular formula is C27H24N2O6. The highest BCUT2D eigenvalue weighted by Crippen LogP contribution is 2.33. The van der Waals surface area contributed by atoms with E-state index in [-0.39, 0.29) is 24.7 Å². The summed E-state index contributed by atoms with van der Waals surface area (Å²) in [5, 5.41) is 1.32. The van der Waals surface area contributed by atoms with Crippen LogP contribution in [0.25, 0.3) is 10.8 Å². The number of benzene rings is 2. The number of esters is 1. The van der Waals surface area contributed by atoms with Crippen LogP contribution in [0.5, 0.6) is 11.5 Å². The molecule has 0 saturated carbocycles. The van der Waals surface area contributed by atoms with Gasteiger partial charge in [-0.05, 0) is 55.1 Å². The van der Waals surface area contributed by atoms with Crippen LogP contribution >= 0.6 is 0 Å². The summed E-state index contributed by atoms with van der Waals surface area (Å²) in [6.07, 6.45) is 1.55. The minimum Gasteiger partial charge on any atom is -0.456 e. The second kappa shape index (κ2) is 9.13. The summed E-state index contributed by atoms with van der Waals surface area (Å²) >= 11 is 0. The minimum atomic E-state index is -0.648. The first-order chi connectivity index (χ1) is 16.9. The number of carbonyl (C=O) groups is 2. The lowest BCUT2D eigenvalue weighted by Gasteiger charge is -2.11. The van der Waals surface area contributed by atoms with E-state index in [0.717, 1.165) is 28.1 Å². The normalized spacial score (nSPS) is 12.2. The van der Waals surface area contributed by atoms with E-state index in [2.05, 4.69) is 0 Å². The molecule has 0 bridgehead atoms. The molecule has 178 valence electrons. The molecule has 0 saturated heterocycles. The fourth-order valence-electron chi connectivity index (χ4n) is 4.31. The summed E-state index contributed by atoms with van der Waals surface area (Å²) in [5.41, 5.74) is 2.93. The molecule has 8 heteroatoms. The van der Waals surface area contributed by atoms with E-state index in [4.69, 9.17) is 14.2 Å². The SMILES string of the molecule is Cc1cc(C(=O)COC(=O)Cn2ccc3ccccc3c2=O)c(C)n1Cc1ccc2c(c1)OCO2. The molecule has 0 unspecified atom stereocenters. The average molecular weight is 472 g/mol. The molecule has 0 spiro atoms. The highest BCUT2D eigenvalue weighted by molar-refractivity contribution is 5.99. The number of Topliss-reactive ketones (excluding diaryl/α,β-unsaturated/α-hetero) is 1. The Morgan fingerprint density at radius 3 is 2.66 bits per heavy atom. The maximum atomic E-state index is 12.8. The van der Waals surface area contributed by atoms with Gasteiger partial charge in [-0.25, -0.2) is 0 Å². The molecule has 2 aromatic heterocycles. The molecule has 35 heavy (non-hydrogen) atoms. The van der Waals surface area contributed by atoms with Gasteiger partial charge in [0.2, 0.25) is 12.6 Å². The number of aryl methyl sites for hydroxylation is 1. The number of aromatic nitrogens is 2. The molecule has 1 aliphatic rings. The number of hydrogen-bond acceptors (Lipinski definition) is 6. The van der Waals surface area contributed by atoms with Gasteiger partial charge < -0.3 is 23.3 Å². The van der Waals surface area contributed by atoms with Crippen molar-refractivity contribution in [3.63, 3.8) is 0 Å². The summed E-state index contributed by atoms with van der Waals surface area (Å²) in [7, 11) is 0. The summed E-state index contributed by atoms with van der Waals surface area (Å²) in [5.74, 6) is 0.483. The highest BCUT2D eigenvalue weighted by Gasteiger charge is 2.19. The van der Waals surface area contributed by atoms with E-state index in [9.17, 15) is 14.4 Å². The van der Waals surface area contributed by atoms with Gasteiger partial charge in [-0.2, -0.15) is 0 Å². The number of ether oxygens (including phenoxy) is 3. The molecule has 3 heterocycles. The van der Waals surface area contributed by atoms with Gasteiger partial charge in [0, 0.05) is 35.1 Å². The maximum absolute atomic E-state index is 12.8. The van der Waals surface area contributed by atoms with Crippen LogP contribution in [-0.2, 0) is 22.6 Å². The van der Waals surface area contributed by atoms with E-state index < -0.39 is 12.6 Å². The van der Waals surface area contributed by atoms with Crippen LogP contribution in [0, 0.1) is 13.8 Å². The van der Waals surface area contributed by atoms with E-state index in [1.54, 1.807) is 30.5 Å².